The molecule has 20 heavy (non-hydrogen) atoms. The molecule has 0 radical (unpaired) electrons. The van der Waals surface area contributed by atoms with E-state index in [1.54, 1.807) is 16.7 Å². The van der Waals surface area contributed by atoms with Crippen LogP contribution in [0.1, 0.15) is 84.3 Å². The number of aliphatic hydroxyl groups is 1. The predicted octanol–water partition coefficient (Wildman–Crippen LogP) is 5.77. The Morgan fingerprint density at radius 3 is 1.60 bits per heavy atom. The van der Waals surface area contributed by atoms with Gasteiger partial charge in [0.2, 0.25) is 0 Å². The molecule has 0 aliphatic heterocycles. The monoisotopic (exact) mass is 280 g/mol. The van der Waals surface area contributed by atoms with Crippen molar-refractivity contribution in [2.75, 3.05) is 7.11 Å². The largest absolute Gasteiger partial charge is 0.400 e. The summed E-state index contributed by atoms with van der Waals surface area (Å²) < 4.78 is 0. The Balaban J connectivity index is 0. The van der Waals surface area contributed by atoms with Gasteiger partial charge in [-0.15, -0.1) is 0 Å². The molecule has 1 heteroatoms. The maximum atomic E-state index is 7.00. The molecule has 118 valence electrons. The molecule has 0 fully saturated rings. The van der Waals surface area contributed by atoms with Crippen molar-refractivity contribution in [2.45, 2.75) is 72.6 Å². The molecular weight excluding hydrogens is 244 g/mol. The van der Waals surface area contributed by atoms with Crippen LogP contribution in [-0.4, -0.2) is 12.2 Å². The average molecular weight is 280 g/mol. The summed E-state index contributed by atoms with van der Waals surface area (Å²) in [7, 11) is 1.00. The fourth-order valence-electron chi connectivity index (χ4n) is 2.81. The van der Waals surface area contributed by atoms with Crippen LogP contribution in [0, 0.1) is 5.92 Å². The summed E-state index contributed by atoms with van der Waals surface area (Å²) >= 11 is 0. The van der Waals surface area contributed by atoms with Crippen LogP contribution < -0.4 is 0 Å². The maximum Gasteiger partial charge on any atom is 0.0319 e. The van der Waals surface area contributed by atoms with Crippen molar-refractivity contribution < 1.29 is 6.53 Å². The first-order valence-electron chi connectivity index (χ1n) is 8.07. The van der Waals surface area contributed by atoms with E-state index >= 15 is 0 Å². The van der Waals surface area contributed by atoms with Gasteiger partial charge in [-0.2, -0.15) is 0 Å². The average Bonchev–Trinajstić information content (AvgIpc) is 2.46. The fraction of sp³-hybridized carbons (Fsp3) is 0.684. The van der Waals surface area contributed by atoms with Gasteiger partial charge in [-0.25, -0.2) is 0 Å². The molecule has 0 aliphatic rings. The van der Waals surface area contributed by atoms with Crippen LogP contribution >= 0.6 is 0 Å². The van der Waals surface area contributed by atoms with E-state index < -0.39 is 0 Å². The molecule has 0 atom stereocenters. The molecule has 0 bridgehead atoms. The summed E-state index contributed by atoms with van der Waals surface area (Å²) in [6.07, 6.45) is 3.84. The summed E-state index contributed by atoms with van der Waals surface area (Å²) in [4.78, 5) is 0. The Morgan fingerprint density at radius 1 is 0.900 bits per heavy atom. The summed E-state index contributed by atoms with van der Waals surface area (Å²) in [5.74, 6) is 2.10. The smallest absolute Gasteiger partial charge is 0.0319 e. The Bertz CT molecular complexity index is 342. The maximum absolute atomic E-state index is 7.00. The molecule has 1 N–H and O–H groups in total. The first kappa shape index (κ1) is 19.2. The van der Waals surface area contributed by atoms with Crippen LogP contribution in [0.4, 0.5) is 0 Å². The van der Waals surface area contributed by atoms with E-state index in [4.69, 9.17) is 5.11 Å². The summed E-state index contributed by atoms with van der Waals surface area (Å²) in [6, 6.07) is 6.89. The lowest BCUT2D eigenvalue weighted by atomic mass is 9.83. The zero-order valence-corrected chi connectivity index (χ0v) is 14.5. The highest BCUT2D eigenvalue weighted by Crippen LogP contribution is 2.30. The van der Waals surface area contributed by atoms with Gasteiger partial charge in [0.05, 0.1) is 0 Å². The van der Waals surface area contributed by atoms with Gasteiger partial charge in [0.1, 0.15) is 0 Å². The SMILES string of the molecule is CCC(CC)Cc1c(C(C)C)cccc1C(C)C.CO.[HH]. The topological polar surface area (TPSA) is 20.2 Å². The zero-order valence-electron chi connectivity index (χ0n) is 14.5. The van der Waals surface area contributed by atoms with E-state index in [0.29, 0.717) is 11.8 Å². The van der Waals surface area contributed by atoms with Gasteiger partial charge in [0.15, 0.2) is 0 Å². The number of aliphatic hydroxyl groups excluding tert-OH is 1. The fourth-order valence-corrected chi connectivity index (χ4v) is 2.81. The first-order chi connectivity index (χ1) is 9.51. The first-order valence-corrected chi connectivity index (χ1v) is 8.07. The molecule has 1 rings (SSSR count). The third kappa shape index (κ3) is 5.28. The van der Waals surface area contributed by atoms with Crippen LogP contribution in [-0.2, 0) is 6.42 Å². The number of hydrogen-bond donors (Lipinski definition) is 1. The third-order valence-electron chi connectivity index (χ3n) is 4.14. The molecule has 0 unspecified atom stereocenters. The molecule has 0 heterocycles. The minimum atomic E-state index is 0. The van der Waals surface area contributed by atoms with E-state index in [0.717, 1.165) is 13.0 Å². The van der Waals surface area contributed by atoms with Crippen LogP contribution in [0.25, 0.3) is 0 Å². The minimum absolute atomic E-state index is 0. The van der Waals surface area contributed by atoms with E-state index in [9.17, 15) is 0 Å². The second kappa shape index (κ2) is 9.99. The van der Waals surface area contributed by atoms with E-state index in [-0.39, 0.29) is 1.43 Å². The highest BCUT2D eigenvalue weighted by molar-refractivity contribution is 5.39. The van der Waals surface area contributed by atoms with Crippen molar-refractivity contribution in [1.29, 1.82) is 0 Å². The second-order valence-corrected chi connectivity index (χ2v) is 6.11. The zero-order chi connectivity index (χ0) is 15.7. The molecule has 0 spiro atoms. The highest BCUT2D eigenvalue weighted by Gasteiger charge is 2.16. The standard InChI is InChI=1S/C18H30.CH4O.H2/c1-7-15(8-2)12-18-16(13(3)4)10-9-11-17(18)14(5)6;1-2;/h9-11,13-15H,7-8,12H2,1-6H3;2H,1H3;1H. The number of benzene rings is 1. The van der Waals surface area contributed by atoms with Crippen LogP contribution in [0.2, 0.25) is 0 Å². The second-order valence-electron chi connectivity index (χ2n) is 6.11. The minimum Gasteiger partial charge on any atom is -0.400 e. The normalized spacial score (nSPS) is 10.9. The van der Waals surface area contributed by atoms with Crippen LogP contribution in [0.3, 0.4) is 0 Å². The summed E-state index contributed by atoms with van der Waals surface area (Å²) in [5.41, 5.74) is 4.76. The lowest BCUT2D eigenvalue weighted by Gasteiger charge is -2.23. The molecule has 0 aliphatic carbocycles. The lowest BCUT2D eigenvalue weighted by molar-refractivity contribution is 0.399. The van der Waals surface area contributed by atoms with Gasteiger partial charge in [0, 0.05) is 8.54 Å². The Morgan fingerprint density at radius 2 is 1.30 bits per heavy atom. The highest BCUT2D eigenvalue weighted by atomic mass is 16.2. The van der Waals surface area contributed by atoms with Gasteiger partial charge >= 0.3 is 0 Å². The molecule has 1 aromatic carbocycles. The lowest BCUT2D eigenvalue weighted by Crippen LogP contribution is -2.09. The van der Waals surface area contributed by atoms with Crippen molar-refractivity contribution in [3.8, 4) is 0 Å². The quantitative estimate of drug-likeness (QED) is 0.701. The molecule has 1 nitrogen and oxygen atoms in total. The predicted molar refractivity (Wildman–Crippen MR) is 92.7 cm³/mol. The Kier molecular flexibility index (Phi) is 9.58. The number of hydrogen-bond acceptors (Lipinski definition) is 1. The molecule has 1 aromatic rings. The number of rotatable bonds is 6. The van der Waals surface area contributed by atoms with E-state index in [2.05, 4.69) is 59.7 Å². The van der Waals surface area contributed by atoms with Crippen molar-refractivity contribution in [3.63, 3.8) is 0 Å². The van der Waals surface area contributed by atoms with Gasteiger partial charge in [0.25, 0.3) is 0 Å². The van der Waals surface area contributed by atoms with Crippen LogP contribution in [0.5, 0.6) is 0 Å². The third-order valence-corrected chi connectivity index (χ3v) is 4.14. The Labute approximate surface area is 127 Å². The van der Waals surface area contributed by atoms with Crippen LogP contribution in [0.15, 0.2) is 18.2 Å². The van der Waals surface area contributed by atoms with Gasteiger partial charge in [-0.05, 0) is 40.9 Å². The molecule has 0 saturated heterocycles. The van der Waals surface area contributed by atoms with Crippen molar-refractivity contribution >= 4 is 0 Å². The summed E-state index contributed by atoms with van der Waals surface area (Å²) in [5, 5.41) is 7.00. The molecular formula is C19H36O. The van der Waals surface area contributed by atoms with Gasteiger partial charge in [-0.1, -0.05) is 72.6 Å². The van der Waals surface area contributed by atoms with Crippen molar-refractivity contribution in [3.05, 3.63) is 34.9 Å². The molecule has 0 aromatic heterocycles. The van der Waals surface area contributed by atoms with Gasteiger partial charge in [-0.3, -0.25) is 0 Å². The van der Waals surface area contributed by atoms with Crippen molar-refractivity contribution in [2.24, 2.45) is 5.92 Å². The molecule has 0 saturated carbocycles. The Hall–Kier alpha value is -0.820. The van der Waals surface area contributed by atoms with Crippen molar-refractivity contribution in [1.82, 2.24) is 0 Å². The van der Waals surface area contributed by atoms with Gasteiger partial charge < -0.3 is 5.11 Å². The molecule has 0 amide bonds. The summed E-state index contributed by atoms with van der Waals surface area (Å²) in [6.45, 7) is 13.9. The van der Waals surface area contributed by atoms with E-state index in [1.807, 2.05) is 0 Å². The van der Waals surface area contributed by atoms with E-state index in [1.165, 1.54) is 19.3 Å².